The van der Waals surface area contributed by atoms with Gasteiger partial charge in [0.25, 0.3) is 0 Å². The van der Waals surface area contributed by atoms with Crippen molar-refractivity contribution >= 4 is 0 Å². The number of ether oxygens (including phenoxy) is 2. The molecule has 0 aromatic heterocycles. The van der Waals surface area contributed by atoms with E-state index in [-0.39, 0.29) is 17.6 Å². The molecule has 30 heavy (non-hydrogen) atoms. The number of aliphatic hydroxyl groups is 1. The lowest BCUT2D eigenvalue weighted by Crippen LogP contribution is -2.62. The van der Waals surface area contributed by atoms with E-state index in [4.69, 9.17) is 9.47 Å². The number of hydrogen-bond donors (Lipinski definition) is 1. The standard InChI is InChI=1S/C26H33NO3/c1-29-20-9-5-18(6-10-20)22-15-26(27-13-3-4-14-27)16-23(25(22)24(28)17-26)19-7-11-21(30-2)12-8-19/h5-12,22-25,28H,3-4,13-17H2,1-2H3. The first kappa shape index (κ1) is 19.9. The summed E-state index contributed by atoms with van der Waals surface area (Å²) >= 11 is 0. The zero-order chi connectivity index (χ0) is 20.7. The van der Waals surface area contributed by atoms with Gasteiger partial charge in [0.2, 0.25) is 0 Å². The van der Waals surface area contributed by atoms with Crippen LogP contribution in [0.2, 0.25) is 0 Å². The molecule has 160 valence electrons. The highest BCUT2D eigenvalue weighted by Gasteiger charge is 2.57. The number of methoxy groups -OCH3 is 2. The van der Waals surface area contributed by atoms with Gasteiger partial charge in [-0.25, -0.2) is 0 Å². The number of hydrogen-bond acceptors (Lipinski definition) is 4. The molecule has 4 aliphatic rings. The molecule has 0 spiro atoms. The maximum absolute atomic E-state index is 11.4. The van der Waals surface area contributed by atoms with Gasteiger partial charge in [-0.2, -0.15) is 0 Å². The first-order valence-electron chi connectivity index (χ1n) is 11.3. The first-order chi connectivity index (χ1) is 14.6. The Morgan fingerprint density at radius 2 is 1.23 bits per heavy atom. The lowest BCUT2D eigenvalue weighted by atomic mass is 9.51. The number of rotatable bonds is 5. The van der Waals surface area contributed by atoms with Crippen LogP contribution in [0.1, 0.15) is 55.1 Å². The molecule has 3 unspecified atom stereocenters. The van der Waals surface area contributed by atoms with Crippen LogP contribution < -0.4 is 9.47 Å². The van der Waals surface area contributed by atoms with E-state index in [1.165, 1.54) is 37.1 Å². The fourth-order valence-electron chi connectivity index (χ4n) is 6.64. The van der Waals surface area contributed by atoms with Gasteiger partial charge in [-0.15, -0.1) is 0 Å². The molecular weight excluding hydrogens is 374 g/mol. The summed E-state index contributed by atoms with van der Waals surface area (Å²) in [6.45, 7) is 2.34. The summed E-state index contributed by atoms with van der Waals surface area (Å²) < 4.78 is 10.8. The molecule has 2 aromatic carbocycles. The fourth-order valence-corrected chi connectivity index (χ4v) is 6.64. The second kappa shape index (κ2) is 7.90. The normalized spacial score (nSPS) is 33.6. The van der Waals surface area contributed by atoms with Crippen molar-refractivity contribution in [1.82, 2.24) is 4.90 Å². The summed E-state index contributed by atoms with van der Waals surface area (Å²) in [5.74, 6) is 2.75. The molecule has 1 saturated heterocycles. The van der Waals surface area contributed by atoms with Crippen LogP contribution in [0.15, 0.2) is 48.5 Å². The summed E-state index contributed by atoms with van der Waals surface area (Å²) in [6.07, 6.45) is 5.49. The molecule has 1 heterocycles. The minimum Gasteiger partial charge on any atom is -0.497 e. The molecule has 0 amide bonds. The van der Waals surface area contributed by atoms with Crippen LogP contribution in [-0.2, 0) is 0 Å². The van der Waals surface area contributed by atoms with Gasteiger partial charge in [-0.1, -0.05) is 24.3 Å². The monoisotopic (exact) mass is 407 g/mol. The molecule has 4 heteroatoms. The van der Waals surface area contributed by atoms with E-state index < -0.39 is 0 Å². The van der Waals surface area contributed by atoms with Gasteiger partial charge in [-0.05, 0) is 98.3 Å². The van der Waals surface area contributed by atoms with Crippen LogP contribution in [0.25, 0.3) is 0 Å². The molecule has 4 fully saturated rings. The zero-order valence-corrected chi connectivity index (χ0v) is 18.1. The number of likely N-dealkylation sites (tertiary alicyclic amines) is 1. The number of fused-ring (bicyclic) bond motifs is 3. The Morgan fingerprint density at radius 1 is 0.767 bits per heavy atom. The van der Waals surface area contributed by atoms with Crippen LogP contribution in [-0.4, -0.2) is 49.0 Å². The van der Waals surface area contributed by atoms with Crippen LogP contribution in [0.4, 0.5) is 0 Å². The summed E-state index contributed by atoms with van der Waals surface area (Å²) in [4.78, 5) is 2.71. The van der Waals surface area contributed by atoms with E-state index in [0.29, 0.717) is 11.8 Å². The summed E-state index contributed by atoms with van der Waals surface area (Å²) in [7, 11) is 3.42. The third-order valence-corrected chi connectivity index (χ3v) is 8.03. The molecule has 1 N–H and O–H groups in total. The third kappa shape index (κ3) is 3.30. The second-order valence-electron chi connectivity index (χ2n) is 9.43. The molecule has 2 bridgehead atoms. The number of aliphatic hydroxyl groups excluding tert-OH is 1. The Bertz CT molecular complexity index is 799. The van der Waals surface area contributed by atoms with Crippen molar-refractivity contribution in [3.8, 4) is 11.5 Å². The predicted octanol–water partition coefficient (Wildman–Crippen LogP) is 4.58. The lowest BCUT2D eigenvalue weighted by Gasteiger charge is -2.60. The minimum absolute atomic E-state index is 0.0971. The average Bonchev–Trinajstić information content (AvgIpc) is 3.35. The topological polar surface area (TPSA) is 41.9 Å². The van der Waals surface area contributed by atoms with E-state index in [1.807, 2.05) is 0 Å². The van der Waals surface area contributed by atoms with Crippen molar-refractivity contribution < 1.29 is 14.6 Å². The molecule has 3 saturated carbocycles. The molecule has 3 aliphatic carbocycles. The van der Waals surface area contributed by atoms with Gasteiger partial charge in [0, 0.05) is 5.54 Å². The highest BCUT2D eigenvalue weighted by molar-refractivity contribution is 5.37. The quantitative estimate of drug-likeness (QED) is 0.788. The highest BCUT2D eigenvalue weighted by Crippen LogP contribution is 2.60. The van der Waals surface area contributed by atoms with Crippen molar-refractivity contribution in [3.05, 3.63) is 59.7 Å². The van der Waals surface area contributed by atoms with E-state index in [9.17, 15) is 5.11 Å². The average molecular weight is 408 g/mol. The van der Waals surface area contributed by atoms with E-state index in [2.05, 4.69) is 53.4 Å². The lowest BCUT2D eigenvalue weighted by molar-refractivity contribution is -0.0988. The molecule has 1 aliphatic heterocycles. The molecular formula is C26H33NO3. The Kier molecular flexibility index (Phi) is 5.24. The minimum atomic E-state index is -0.271. The molecule has 4 nitrogen and oxygen atoms in total. The smallest absolute Gasteiger partial charge is 0.118 e. The maximum atomic E-state index is 11.4. The Labute approximate surface area is 179 Å². The maximum Gasteiger partial charge on any atom is 0.118 e. The highest BCUT2D eigenvalue weighted by atomic mass is 16.5. The van der Waals surface area contributed by atoms with E-state index in [0.717, 1.165) is 30.8 Å². The molecule has 3 atom stereocenters. The Balaban J connectivity index is 1.55. The van der Waals surface area contributed by atoms with Crippen LogP contribution in [0.3, 0.4) is 0 Å². The molecule has 2 aromatic rings. The molecule has 0 radical (unpaired) electrons. The van der Waals surface area contributed by atoms with Gasteiger partial charge in [-0.3, -0.25) is 4.90 Å². The third-order valence-electron chi connectivity index (χ3n) is 8.03. The van der Waals surface area contributed by atoms with E-state index >= 15 is 0 Å². The van der Waals surface area contributed by atoms with Gasteiger partial charge in [0.15, 0.2) is 0 Å². The first-order valence-corrected chi connectivity index (χ1v) is 11.3. The van der Waals surface area contributed by atoms with Gasteiger partial charge in [0.1, 0.15) is 11.5 Å². The summed E-state index contributed by atoms with van der Waals surface area (Å²) in [5, 5.41) is 11.4. The van der Waals surface area contributed by atoms with Crippen molar-refractivity contribution in [2.45, 2.75) is 55.6 Å². The van der Waals surface area contributed by atoms with Crippen molar-refractivity contribution in [2.24, 2.45) is 5.92 Å². The Morgan fingerprint density at radius 3 is 1.67 bits per heavy atom. The van der Waals surface area contributed by atoms with Crippen molar-refractivity contribution in [1.29, 1.82) is 0 Å². The summed E-state index contributed by atoms with van der Waals surface area (Å²) in [5.41, 5.74) is 2.77. The van der Waals surface area contributed by atoms with Crippen molar-refractivity contribution in [3.63, 3.8) is 0 Å². The SMILES string of the molecule is COc1ccc(C2CC3(N4CCCC4)CC(O)C2C(c2ccc(OC)cc2)C3)cc1. The summed E-state index contributed by atoms with van der Waals surface area (Å²) in [6, 6.07) is 17.1. The predicted molar refractivity (Wildman–Crippen MR) is 118 cm³/mol. The van der Waals surface area contributed by atoms with Crippen LogP contribution in [0.5, 0.6) is 11.5 Å². The fraction of sp³-hybridized carbons (Fsp3) is 0.538. The Hall–Kier alpha value is -2.04. The largest absolute Gasteiger partial charge is 0.497 e. The van der Waals surface area contributed by atoms with Gasteiger partial charge < -0.3 is 14.6 Å². The van der Waals surface area contributed by atoms with Crippen molar-refractivity contribution in [2.75, 3.05) is 27.3 Å². The zero-order valence-electron chi connectivity index (χ0n) is 18.1. The second-order valence-corrected chi connectivity index (χ2v) is 9.43. The molecule has 6 rings (SSSR count). The van der Waals surface area contributed by atoms with E-state index in [1.54, 1.807) is 14.2 Å². The van der Waals surface area contributed by atoms with Crippen LogP contribution in [0, 0.1) is 5.92 Å². The van der Waals surface area contributed by atoms with Crippen LogP contribution >= 0.6 is 0 Å². The van der Waals surface area contributed by atoms with Gasteiger partial charge >= 0.3 is 0 Å². The van der Waals surface area contributed by atoms with Gasteiger partial charge in [0.05, 0.1) is 20.3 Å². The number of nitrogens with zero attached hydrogens (tertiary/aromatic N) is 1. The number of benzene rings is 2.